The number of carbonyl (C=O) groups is 1. The van der Waals surface area contributed by atoms with Gasteiger partial charge < -0.3 is 4.90 Å². The van der Waals surface area contributed by atoms with Gasteiger partial charge >= 0.3 is 0 Å². The zero-order valence-electron chi connectivity index (χ0n) is 10.8. The zero-order valence-corrected chi connectivity index (χ0v) is 10.8. The molecule has 0 aromatic heterocycles. The summed E-state index contributed by atoms with van der Waals surface area (Å²) in [6, 6.07) is 0.532. The van der Waals surface area contributed by atoms with Crippen LogP contribution < -0.4 is 0 Å². The van der Waals surface area contributed by atoms with E-state index >= 15 is 0 Å². The second-order valence-corrected chi connectivity index (χ2v) is 5.63. The van der Waals surface area contributed by atoms with E-state index in [1.54, 1.807) is 0 Å². The quantitative estimate of drug-likeness (QED) is 0.715. The maximum Gasteiger partial charge on any atom is 0.137 e. The highest BCUT2D eigenvalue weighted by Crippen LogP contribution is 2.31. The summed E-state index contributed by atoms with van der Waals surface area (Å²) in [6.45, 7) is 9.72. The summed E-state index contributed by atoms with van der Waals surface area (Å²) in [5.74, 6) is 1.90. The van der Waals surface area contributed by atoms with Gasteiger partial charge in [0.1, 0.15) is 5.78 Å². The fourth-order valence-electron chi connectivity index (χ4n) is 2.50. The summed E-state index contributed by atoms with van der Waals surface area (Å²) >= 11 is 0. The second-order valence-electron chi connectivity index (χ2n) is 5.63. The molecule has 2 nitrogen and oxygen atoms in total. The summed E-state index contributed by atoms with van der Waals surface area (Å²) in [7, 11) is 2.11. The SMILES string of the molecule is CC1CC(=O)C(CN(C)C(C)C)C(C)C1. The maximum atomic E-state index is 11.9. The average molecular weight is 211 g/mol. The van der Waals surface area contributed by atoms with Gasteiger partial charge in [-0.2, -0.15) is 0 Å². The predicted molar refractivity (Wildman–Crippen MR) is 63.8 cm³/mol. The number of hydrogen-bond donors (Lipinski definition) is 0. The van der Waals surface area contributed by atoms with E-state index in [4.69, 9.17) is 0 Å². The Morgan fingerprint density at radius 1 is 1.40 bits per heavy atom. The fourth-order valence-corrected chi connectivity index (χ4v) is 2.50. The van der Waals surface area contributed by atoms with Crippen LogP contribution in [0.15, 0.2) is 0 Å². The molecule has 1 aliphatic rings. The lowest BCUT2D eigenvalue weighted by Crippen LogP contribution is -2.41. The van der Waals surface area contributed by atoms with Crippen molar-refractivity contribution in [2.45, 2.75) is 46.6 Å². The van der Waals surface area contributed by atoms with Crippen LogP contribution in [0.1, 0.15) is 40.5 Å². The van der Waals surface area contributed by atoms with Crippen LogP contribution in [0.4, 0.5) is 0 Å². The first-order chi connectivity index (χ1) is 6.91. The zero-order chi connectivity index (χ0) is 11.6. The monoisotopic (exact) mass is 211 g/mol. The summed E-state index contributed by atoms with van der Waals surface area (Å²) in [5, 5.41) is 0. The van der Waals surface area contributed by atoms with Gasteiger partial charge in [0.2, 0.25) is 0 Å². The van der Waals surface area contributed by atoms with Crippen LogP contribution in [0.5, 0.6) is 0 Å². The normalized spacial score (nSPS) is 32.7. The molecule has 0 aromatic rings. The van der Waals surface area contributed by atoms with E-state index < -0.39 is 0 Å². The van der Waals surface area contributed by atoms with Gasteiger partial charge in [-0.3, -0.25) is 4.79 Å². The van der Waals surface area contributed by atoms with Crippen LogP contribution in [0.2, 0.25) is 0 Å². The van der Waals surface area contributed by atoms with E-state index in [0.717, 1.165) is 13.0 Å². The van der Waals surface area contributed by atoms with Gasteiger partial charge in [0, 0.05) is 24.9 Å². The summed E-state index contributed by atoms with van der Waals surface area (Å²) in [5.41, 5.74) is 0. The summed E-state index contributed by atoms with van der Waals surface area (Å²) < 4.78 is 0. The van der Waals surface area contributed by atoms with Crippen LogP contribution >= 0.6 is 0 Å². The third-order valence-corrected chi connectivity index (χ3v) is 3.79. The van der Waals surface area contributed by atoms with Crippen molar-refractivity contribution in [1.29, 1.82) is 0 Å². The summed E-state index contributed by atoms with van der Waals surface area (Å²) in [4.78, 5) is 14.2. The van der Waals surface area contributed by atoms with Crippen molar-refractivity contribution >= 4 is 5.78 Å². The molecule has 1 fully saturated rings. The Morgan fingerprint density at radius 2 is 2.00 bits per heavy atom. The van der Waals surface area contributed by atoms with Gasteiger partial charge in [-0.1, -0.05) is 13.8 Å². The highest BCUT2D eigenvalue weighted by molar-refractivity contribution is 5.82. The van der Waals surface area contributed by atoms with Crippen LogP contribution in [0.25, 0.3) is 0 Å². The molecule has 0 radical (unpaired) electrons. The molecule has 0 amide bonds. The molecule has 0 bridgehead atoms. The van der Waals surface area contributed by atoms with Gasteiger partial charge in [-0.05, 0) is 39.2 Å². The Morgan fingerprint density at radius 3 is 2.47 bits per heavy atom. The highest BCUT2D eigenvalue weighted by atomic mass is 16.1. The molecule has 1 aliphatic carbocycles. The van der Waals surface area contributed by atoms with Crippen LogP contribution in [-0.4, -0.2) is 30.3 Å². The highest BCUT2D eigenvalue weighted by Gasteiger charge is 2.33. The third-order valence-electron chi connectivity index (χ3n) is 3.79. The van der Waals surface area contributed by atoms with E-state index in [9.17, 15) is 4.79 Å². The van der Waals surface area contributed by atoms with E-state index in [1.807, 2.05) is 0 Å². The average Bonchev–Trinajstić information content (AvgIpc) is 2.10. The Kier molecular flexibility index (Phi) is 4.32. The van der Waals surface area contributed by atoms with Gasteiger partial charge in [0.15, 0.2) is 0 Å². The van der Waals surface area contributed by atoms with Crippen molar-refractivity contribution in [3.63, 3.8) is 0 Å². The minimum atomic E-state index is 0.272. The van der Waals surface area contributed by atoms with Gasteiger partial charge in [0.05, 0.1) is 0 Å². The first-order valence-electron chi connectivity index (χ1n) is 6.14. The molecule has 3 unspecified atom stereocenters. The lowest BCUT2D eigenvalue weighted by Gasteiger charge is -2.35. The molecule has 15 heavy (non-hydrogen) atoms. The van der Waals surface area contributed by atoms with E-state index in [2.05, 4.69) is 39.6 Å². The van der Waals surface area contributed by atoms with E-state index in [1.165, 1.54) is 6.42 Å². The molecule has 0 spiro atoms. The molecule has 2 heteroatoms. The molecule has 0 heterocycles. The van der Waals surface area contributed by atoms with Gasteiger partial charge in [-0.25, -0.2) is 0 Å². The first kappa shape index (κ1) is 12.7. The van der Waals surface area contributed by atoms with Crippen molar-refractivity contribution in [3.8, 4) is 0 Å². The van der Waals surface area contributed by atoms with Crippen molar-refractivity contribution < 1.29 is 4.79 Å². The standard InChI is InChI=1S/C13H25NO/c1-9(2)14(5)8-12-11(4)6-10(3)7-13(12)15/h9-12H,6-8H2,1-5H3. The maximum absolute atomic E-state index is 11.9. The lowest BCUT2D eigenvalue weighted by atomic mass is 9.74. The molecule has 1 saturated carbocycles. The molecule has 0 saturated heterocycles. The van der Waals surface area contributed by atoms with Crippen molar-refractivity contribution in [3.05, 3.63) is 0 Å². The molecule has 1 rings (SSSR count). The minimum Gasteiger partial charge on any atom is -0.303 e. The minimum absolute atomic E-state index is 0.272. The molecule has 0 aliphatic heterocycles. The molecular formula is C13H25NO. The van der Waals surface area contributed by atoms with Crippen LogP contribution in [0, 0.1) is 17.8 Å². The van der Waals surface area contributed by atoms with Gasteiger partial charge in [-0.15, -0.1) is 0 Å². The first-order valence-corrected chi connectivity index (χ1v) is 6.14. The Labute approximate surface area is 94.0 Å². The van der Waals surface area contributed by atoms with E-state index in [-0.39, 0.29) is 5.92 Å². The van der Waals surface area contributed by atoms with Crippen molar-refractivity contribution in [1.82, 2.24) is 4.90 Å². The number of carbonyl (C=O) groups excluding carboxylic acids is 1. The summed E-state index contributed by atoms with van der Waals surface area (Å²) in [6.07, 6.45) is 2.00. The fraction of sp³-hybridized carbons (Fsp3) is 0.923. The van der Waals surface area contributed by atoms with Crippen molar-refractivity contribution in [2.24, 2.45) is 17.8 Å². The third kappa shape index (κ3) is 3.30. The molecular weight excluding hydrogens is 186 g/mol. The van der Waals surface area contributed by atoms with Gasteiger partial charge in [0.25, 0.3) is 0 Å². The largest absolute Gasteiger partial charge is 0.303 e. The van der Waals surface area contributed by atoms with E-state index in [0.29, 0.717) is 23.7 Å². The molecule has 3 atom stereocenters. The van der Waals surface area contributed by atoms with Crippen molar-refractivity contribution in [2.75, 3.05) is 13.6 Å². The number of Topliss-reactive ketones (excluding diaryl/α,β-unsaturated/α-hetero) is 1. The smallest absolute Gasteiger partial charge is 0.137 e. The number of hydrogen-bond acceptors (Lipinski definition) is 2. The molecule has 0 N–H and O–H groups in total. The Hall–Kier alpha value is -0.370. The molecule has 88 valence electrons. The van der Waals surface area contributed by atoms with Crippen LogP contribution in [-0.2, 0) is 4.79 Å². The number of ketones is 1. The Bertz CT molecular complexity index is 225. The topological polar surface area (TPSA) is 20.3 Å². The predicted octanol–water partition coefficient (Wildman–Crippen LogP) is 2.58. The Balaban J connectivity index is 2.56. The van der Waals surface area contributed by atoms with Crippen LogP contribution in [0.3, 0.4) is 0 Å². The number of nitrogens with zero attached hydrogens (tertiary/aromatic N) is 1. The molecule has 0 aromatic carbocycles. The lowest BCUT2D eigenvalue weighted by molar-refractivity contribution is -0.128. The second kappa shape index (κ2) is 5.11. The number of rotatable bonds is 3.